The summed E-state index contributed by atoms with van der Waals surface area (Å²) in [7, 11) is -3.53. The molecule has 4 nitrogen and oxygen atoms in total. The van der Waals surface area contributed by atoms with Gasteiger partial charge >= 0.3 is 0 Å². The minimum Gasteiger partial charge on any atom is -0.392 e. The smallest absolute Gasteiger partial charge is 0.240 e. The van der Waals surface area contributed by atoms with E-state index in [0.717, 1.165) is 5.56 Å². The van der Waals surface area contributed by atoms with Gasteiger partial charge in [-0.3, -0.25) is 0 Å². The SMILES string of the molecule is C[C@@H](O)CNS(=O)(=O)c1ccc(CCl)cc1. The van der Waals surface area contributed by atoms with Crippen molar-refractivity contribution in [2.45, 2.75) is 23.8 Å². The van der Waals surface area contributed by atoms with E-state index < -0.39 is 16.1 Å². The number of benzene rings is 1. The maximum Gasteiger partial charge on any atom is 0.240 e. The maximum atomic E-state index is 11.7. The molecule has 0 unspecified atom stereocenters. The largest absolute Gasteiger partial charge is 0.392 e. The van der Waals surface area contributed by atoms with Crippen molar-refractivity contribution in [3.8, 4) is 0 Å². The van der Waals surface area contributed by atoms with E-state index in [9.17, 15) is 8.42 Å². The molecular formula is C10H14ClNO3S. The molecular weight excluding hydrogens is 250 g/mol. The standard InChI is InChI=1S/C10H14ClNO3S/c1-8(13)7-12-16(14,15)10-4-2-9(6-11)3-5-10/h2-5,8,12-13H,6-7H2,1H3/t8-/m1/s1. The normalized spacial score (nSPS) is 13.7. The summed E-state index contributed by atoms with van der Waals surface area (Å²) in [6, 6.07) is 6.29. The fourth-order valence-electron chi connectivity index (χ4n) is 1.07. The number of sulfonamides is 1. The van der Waals surface area contributed by atoms with Crippen molar-refractivity contribution >= 4 is 21.6 Å². The molecule has 0 aromatic heterocycles. The number of alkyl halides is 1. The highest BCUT2D eigenvalue weighted by Gasteiger charge is 2.13. The van der Waals surface area contributed by atoms with Crippen molar-refractivity contribution in [1.82, 2.24) is 4.72 Å². The first-order valence-corrected chi connectivity index (χ1v) is 6.80. The second-order valence-electron chi connectivity index (χ2n) is 3.48. The van der Waals surface area contributed by atoms with E-state index in [2.05, 4.69) is 4.72 Å². The average molecular weight is 264 g/mol. The third-order valence-corrected chi connectivity index (χ3v) is 3.70. The second kappa shape index (κ2) is 5.63. The zero-order valence-corrected chi connectivity index (χ0v) is 10.4. The lowest BCUT2D eigenvalue weighted by Gasteiger charge is -2.08. The van der Waals surface area contributed by atoms with Gasteiger partial charge < -0.3 is 5.11 Å². The monoisotopic (exact) mass is 263 g/mol. The first-order valence-electron chi connectivity index (χ1n) is 4.78. The third kappa shape index (κ3) is 3.75. The molecule has 0 radical (unpaired) electrons. The molecule has 0 spiro atoms. The number of aliphatic hydroxyl groups is 1. The van der Waals surface area contributed by atoms with Gasteiger partial charge in [0.15, 0.2) is 0 Å². The Morgan fingerprint density at radius 2 is 1.94 bits per heavy atom. The molecule has 0 saturated carbocycles. The fourth-order valence-corrected chi connectivity index (χ4v) is 2.37. The highest BCUT2D eigenvalue weighted by atomic mass is 35.5. The summed E-state index contributed by atoms with van der Waals surface area (Å²) >= 11 is 5.60. The number of rotatable bonds is 5. The van der Waals surface area contributed by atoms with Crippen molar-refractivity contribution in [3.63, 3.8) is 0 Å². The van der Waals surface area contributed by atoms with Crippen molar-refractivity contribution in [2.75, 3.05) is 6.54 Å². The molecule has 1 rings (SSSR count). The first-order chi connectivity index (χ1) is 7.45. The van der Waals surface area contributed by atoms with Gasteiger partial charge in [-0.1, -0.05) is 12.1 Å². The molecule has 2 N–H and O–H groups in total. The predicted molar refractivity (Wildman–Crippen MR) is 62.9 cm³/mol. The molecule has 0 fully saturated rings. The number of halogens is 1. The van der Waals surface area contributed by atoms with E-state index in [0.29, 0.717) is 5.88 Å². The first kappa shape index (κ1) is 13.4. The highest BCUT2D eigenvalue weighted by Crippen LogP contribution is 2.11. The second-order valence-corrected chi connectivity index (χ2v) is 5.51. The van der Waals surface area contributed by atoms with Gasteiger partial charge in [-0.05, 0) is 24.6 Å². The van der Waals surface area contributed by atoms with Crippen molar-refractivity contribution in [2.24, 2.45) is 0 Å². The minimum absolute atomic E-state index is 0.000406. The van der Waals surface area contributed by atoms with Crippen molar-refractivity contribution in [3.05, 3.63) is 29.8 Å². The summed E-state index contributed by atoms with van der Waals surface area (Å²) in [5, 5.41) is 9.00. The van der Waals surface area contributed by atoms with E-state index in [1.807, 2.05) is 0 Å². The molecule has 0 heterocycles. The maximum absolute atomic E-state index is 11.7. The summed E-state index contributed by atoms with van der Waals surface area (Å²) in [5.41, 5.74) is 0.858. The fraction of sp³-hybridized carbons (Fsp3) is 0.400. The van der Waals surface area contributed by atoms with Crippen LogP contribution in [0, 0.1) is 0 Å². The van der Waals surface area contributed by atoms with E-state index in [4.69, 9.17) is 16.7 Å². The van der Waals surface area contributed by atoms with Crippen molar-refractivity contribution < 1.29 is 13.5 Å². The summed E-state index contributed by atoms with van der Waals surface area (Å²) < 4.78 is 25.7. The quantitative estimate of drug-likeness (QED) is 0.782. The lowest BCUT2D eigenvalue weighted by Crippen LogP contribution is -2.30. The van der Waals surface area contributed by atoms with E-state index in [1.165, 1.54) is 19.1 Å². The number of hydrogen-bond donors (Lipinski definition) is 2. The van der Waals surface area contributed by atoms with Crippen LogP contribution in [0.3, 0.4) is 0 Å². The lowest BCUT2D eigenvalue weighted by molar-refractivity contribution is 0.198. The molecule has 0 amide bonds. The minimum atomic E-state index is -3.53. The molecule has 0 aliphatic rings. The molecule has 0 bridgehead atoms. The van der Waals surface area contributed by atoms with Crippen LogP contribution in [0.25, 0.3) is 0 Å². The van der Waals surface area contributed by atoms with Crippen molar-refractivity contribution in [1.29, 1.82) is 0 Å². The zero-order valence-electron chi connectivity index (χ0n) is 8.85. The molecule has 90 valence electrons. The molecule has 1 aromatic rings. The molecule has 0 aliphatic carbocycles. The van der Waals surface area contributed by atoms with Gasteiger partial charge in [0.25, 0.3) is 0 Å². The van der Waals surface area contributed by atoms with Gasteiger partial charge in [0.2, 0.25) is 10.0 Å². The predicted octanol–water partition coefficient (Wildman–Crippen LogP) is 1.08. The van der Waals surface area contributed by atoms with E-state index in [-0.39, 0.29) is 11.4 Å². The Hall–Kier alpha value is -0.620. The molecule has 0 saturated heterocycles. The Kier molecular flexibility index (Phi) is 4.73. The van der Waals surface area contributed by atoms with Gasteiger partial charge in [-0.15, -0.1) is 11.6 Å². The van der Waals surface area contributed by atoms with E-state index >= 15 is 0 Å². The van der Waals surface area contributed by atoms with Gasteiger partial charge in [-0.2, -0.15) is 0 Å². The van der Waals surface area contributed by atoms with Crippen LogP contribution in [-0.4, -0.2) is 26.2 Å². The van der Waals surface area contributed by atoms with E-state index in [1.54, 1.807) is 12.1 Å². The Bertz CT molecular complexity index is 428. The molecule has 16 heavy (non-hydrogen) atoms. The lowest BCUT2D eigenvalue weighted by atomic mass is 10.2. The number of hydrogen-bond acceptors (Lipinski definition) is 3. The van der Waals surface area contributed by atoms with Crippen LogP contribution in [0.4, 0.5) is 0 Å². The number of nitrogens with one attached hydrogen (secondary N) is 1. The van der Waals surface area contributed by atoms with Crippen LogP contribution in [0.2, 0.25) is 0 Å². The zero-order chi connectivity index (χ0) is 12.2. The molecule has 0 aliphatic heterocycles. The summed E-state index contributed by atoms with van der Waals surface area (Å²) in [6.45, 7) is 1.51. The van der Waals surface area contributed by atoms with Gasteiger partial charge in [0.1, 0.15) is 0 Å². The van der Waals surface area contributed by atoms with Gasteiger partial charge in [-0.25, -0.2) is 13.1 Å². The van der Waals surface area contributed by atoms with Crippen LogP contribution in [0.15, 0.2) is 29.2 Å². The summed E-state index contributed by atoms with van der Waals surface area (Å²) in [4.78, 5) is 0.169. The Morgan fingerprint density at radius 3 is 2.38 bits per heavy atom. The molecule has 1 atom stereocenters. The summed E-state index contributed by atoms with van der Waals surface area (Å²) in [6.07, 6.45) is -0.711. The molecule has 6 heteroatoms. The molecule has 1 aromatic carbocycles. The summed E-state index contributed by atoms with van der Waals surface area (Å²) in [5.74, 6) is 0.349. The van der Waals surface area contributed by atoms with Crippen LogP contribution >= 0.6 is 11.6 Å². The Balaban J connectivity index is 2.82. The van der Waals surface area contributed by atoms with Crippen LogP contribution < -0.4 is 4.72 Å². The van der Waals surface area contributed by atoms with Crippen LogP contribution in [-0.2, 0) is 15.9 Å². The van der Waals surface area contributed by atoms with Crippen LogP contribution in [0.1, 0.15) is 12.5 Å². The number of aliphatic hydroxyl groups excluding tert-OH is 1. The Labute approximate surface area is 100 Å². The van der Waals surface area contributed by atoms with Crippen LogP contribution in [0.5, 0.6) is 0 Å². The topological polar surface area (TPSA) is 66.4 Å². The average Bonchev–Trinajstić information content (AvgIpc) is 2.27. The third-order valence-electron chi connectivity index (χ3n) is 1.96. The van der Waals surface area contributed by atoms with Gasteiger partial charge in [0.05, 0.1) is 11.0 Å². The Morgan fingerprint density at radius 1 is 1.38 bits per heavy atom. The van der Waals surface area contributed by atoms with Gasteiger partial charge in [0, 0.05) is 12.4 Å². The highest BCUT2D eigenvalue weighted by molar-refractivity contribution is 7.89.